The van der Waals surface area contributed by atoms with Gasteiger partial charge >= 0.3 is 0 Å². The van der Waals surface area contributed by atoms with Crippen LogP contribution in [0.5, 0.6) is 11.5 Å². The number of benzene rings is 2. The molecule has 0 spiro atoms. The molecular weight excluding hydrogens is 448 g/mol. The highest BCUT2D eigenvalue weighted by atomic mass is 35.5. The molecule has 2 aliphatic rings. The number of anilines is 1. The molecule has 1 amide bonds. The summed E-state index contributed by atoms with van der Waals surface area (Å²) in [5.74, 6) is 0.644. The maximum absolute atomic E-state index is 12.5. The Balaban J connectivity index is 1.64. The molecule has 2 fully saturated rings. The van der Waals surface area contributed by atoms with E-state index in [0.29, 0.717) is 27.4 Å². The number of carbonyl (C=O) groups is 1. The second kappa shape index (κ2) is 8.49. The van der Waals surface area contributed by atoms with Gasteiger partial charge in [0, 0.05) is 10.3 Å². The number of sulfone groups is 1. The van der Waals surface area contributed by atoms with Gasteiger partial charge in [0.1, 0.15) is 11.5 Å². The molecule has 7 nitrogen and oxygen atoms in total. The first-order valence-electron chi connectivity index (χ1n) is 9.15. The lowest BCUT2D eigenvalue weighted by Crippen LogP contribution is -2.38. The third kappa shape index (κ3) is 4.43. The van der Waals surface area contributed by atoms with Crippen molar-refractivity contribution in [3.8, 4) is 11.5 Å². The Kier molecular flexibility index (Phi) is 5.95. The molecule has 30 heavy (non-hydrogen) atoms. The Morgan fingerprint density at radius 1 is 1.23 bits per heavy atom. The number of hydrogen-bond donors (Lipinski definition) is 0. The van der Waals surface area contributed by atoms with E-state index in [1.54, 1.807) is 35.2 Å². The minimum Gasteiger partial charge on any atom is -0.495 e. The monoisotopic (exact) mass is 466 g/mol. The average Bonchev–Trinajstić information content (AvgIpc) is 3.17. The van der Waals surface area contributed by atoms with Crippen molar-refractivity contribution in [3.63, 3.8) is 0 Å². The van der Waals surface area contributed by atoms with Crippen LogP contribution in [-0.4, -0.2) is 56.0 Å². The van der Waals surface area contributed by atoms with Crippen molar-refractivity contribution >= 4 is 50.0 Å². The fraction of sp³-hybridized carbons (Fsp3) is 0.300. The van der Waals surface area contributed by atoms with Gasteiger partial charge in [-0.15, -0.1) is 0 Å². The van der Waals surface area contributed by atoms with Crippen LogP contribution in [0.25, 0.3) is 0 Å². The van der Waals surface area contributed by atoms with E-state index in [9.17, 15) is 13.2 Å². The Morgan fingerprint density at radius 3 is 2.73 bits per heavy atom. The lowest BCUT2D eigenvalue weighted by Gasteiger charge is -2.26. The molecule has 0 bridgehead atoms. The number of thioether (sulfide) groups is 1. The number of para-hydroxylation sites is 1. The molecule has 0 N–H and O–H groups in total. The summed E-state index contributed by atoms with van der Waals surface area (Å²) in [7, 11) is -1.65. The Hall–Kier alpha value is -2.23. The van der Waals surface area contributed by atoms with Gasteiger partial charge < -0.3 is 14.4 Å². The number of ether oxygens (including phenoxy) is 2. The third-order valence-corrected chi connectivity index (χ3v) is 8.24. The first kappa shape index (κ1) is 21.0. The predicted molar refractivity (Wildman–Crippen MR) is 119 cm³/mol. The standard InChI is InChI=1S/C20H19ClN2O5S2/c1-27-17-8-7-13(21)9-15(17)23-16-11-30(25,26)12-18(16)29-20(23)22-19(24)10-28-14-5-3-2-4-6-14/h2-9,16,18H,10-12H2,1H3/t16-,18+/m1/s1. The number of carbonyl (C=O) groups excluding carboxylic acids is 1. The number of amidine groups is 1. The van der Waals surface area contributed by atoms with E-state index in [-0.39, 0.29) is 29.4 Å². The van der Waals surface area contributed by atoms with Crippen LogP contribution < -0.4 is 14.4 Å². The molecule has 0 saturated carbocycles. The molecule has 2 aromatic carbocycles. The summed E-state index contributed by atoms with van der Waals surface area (Å²) in [6, 6.07) is 13.7. The average molecular weight is 467 g/mol. The van der Waals surface area contributed by atoms with Crippen molar-refractivity contribution in [1.82, 2.24) is 0 Å². The highest BCUT2D eigenvalue weighted by Gasteiger charge is 2.50. The van der Waals surface area contributed by atoms with Gasteiger partial charge in [-0.25, -0.2) is 8.42 Å². The van der Waals surface area contributed by atoms with Crippen molar-refractivity contribution in [1.29, 1.82) is 0 Å². The Bertz CT molecular complexity index is 1090. The summed E-state index contributed by atoms with van der Waals surface area (Å²) in [6.07, 6.45) is 0. The number of hydrogen-bond acceptors (Lipinski definition) is 6. The second-order valence-electron chi connectivity index (χ2n) is 6.88. The molecule has 10 heteroatoms. The van der Waals surface area contributed by atoms with E-state index in [1.165, 1.54) is 18.9 Å². The lowest BCUT2D eigenvalue weighted by atomic mass is 10.2. The van der Waals surface area contributed by atoms with E-state index in [4.69, 9.17) is 21.1 Å². The van der Waals surface area contributed by atoms with Crippen LogP contribution in [-0.2, 0) is 14.6 Å². The SMILES string of the molecule is COc1ccc(Cl)cc1N1C(=NC(=O)COc2ccccc2)S[C@H]2CS(=O)(=O)C[C@H]21. The van der Waals surface area contributed by atoms with E-state index < -0.39 is 15.7 Å². The number of nitrogens with zero attached hydrogens (tertiary/aromatic N) is 2. The summed E-state index contributed by atoms with van der Waals surface area (Å²) in [5, 5.41) is 0.667. The van der Waals surface area contributed by atoms with Crippen molar-refractivity contribution in [3.05, 3.63) is 53.6 Å². The molecule has 2 aromatic rings. The Labute approximate surface area is 183 Å². The lowest BCUT2D eigenvalue weighted by molar-refractivity contribution is -0.119. The van der Waals surface area contributed by atoms with E-state index in [0.717, 1.165) is 0 Å². The van der Waals surface area contributed by atoms with Gasteiger partial charge in [-0.2, -0.15) is 4.99 Å². The van der Waals surface area contributed by atoms with Gasteiger partial charge in [-0.3, -0.25) is 4.79 Å². The fourth-order valence-corrected chi connectivity index (χ4v) is 7.59. The van der Waals surface area contributed by atoms with Crippen LogP contribution in [0.3, 0.4) is 0 Å². The van der Waals surface area contributed by atoms with Crippen LogP contribution >= 0.6 is 23.4 Å². The maximum Gasteiger partial charge on any atom is 0.285 e. The number of methoxy groups -OCH3 is 1. The predicted octanol–water partition coefficient (Wildman–Crippen LogP) is 3.03. The third-order valence-electron chi connectivity index (χ3n) is 4.79. The van der Waals surface area contributed by atoms with Crippen LogP contribution in [0.4, 0.5) is 5.69 Å². The topological polar surface area (TPSA) is 85.3 Å². The van der Waals surface area contributed by atoms with Gasteiger partial charge in [0.15, 0.2) is 21.6 Å². The highest BCUT2D eigenvalue weighted by molar-refractivity contribution is 8.16. The number of rotatable bonds is 5. The van der Waals surface area contributed by atoms with Gasteiger partial charge in [-0.05, 0) is 30.3 Å². The molecule has 4 rings (SSSR count). The molecule has 2 heterocycles. The van der Waals surface area contributed by atoms with E-state index >= 15 is 0 Å². The molecule has 158 valence electrons. The number of aliphatic imine (C=N–C) groups is 1. The first-order chi connectivity index (χ1) is 14.4. The molecule has 2 saturated heterocycles. The number of amides is 1. The van der Waals surface area contributed by atoms with E-state index in [1.807, 2.05) is 18.2 Å². The summed E-state index contributed by atoms with van der Waals surface area (Å²) in [5.41, 5.74) is 0.581. The van der Waals surface area contributed by atoms with Crippen LogP contribution in [0, 0.1) is 0 Å². The Morgan fingerprint density at radius 2 is 2.00 bits per heavy atom. The molecule has 0 aliphatic carbocycles. The largest absolute Gasteiger partial charge is 0.495 e. The first-order valence-corrected chi connectivity index (χ1v) is 12.2. The van der Waals surface area contributed by atoms with Crippen LogP contribution in [0.15, 0.2) is 53.5 Å². The normalized spacial score (nSPS) is 23.4. The molecule has 0 unspecified atom stereocenters. The van der Waals surface area contributed by atoms with Gasteiger partial charge in [0.05, 0.1) is 30.3 Å². The fourth-order valence-electron chi connectivity index (χ4n) is 3.50. The molecule has 2 aliphatic heterocycles. The highest BCUT2D eigenvalue weighted by Crippen LogP contribution is 2.44. The molecule has 0 radical (unpaired) electrons. The van der Waals surface area contributed by atoms with Gasteiger partial charge in [0.2, 0.25) is 0 Å². The second-order valence-corrected chi connectivity index (χ2v) is 10.7. The van der Waals surface area contributed by atoms with Crippen LogP contribution in [0.1, 0.15) is 0 Å². The number of fused-ring (bicyclic) bond motifs is 1. The molecular formula is C20H19ClN2O5S2. The van der Waals surface area contributed by atoms with Crippen LogP contribution in [0.2, 0.25) is 5.02 Å². The van der Waals surface area contributed by atoms with Crippen molar-refractivity contribution < 1.29 is 22.7 Å². The zero-order chi connectivity index (χ0) is 21.3. The summed E-state index contributed by atoms with van der Waals surface area (Å²) >= 11 is 7.47. The number of halogens is 1. The minimum atomic E-state index is -3.18. The smallest absolute Gasteiger partial charge is 0.285 e. The van der Waals surface area contributed by atoms with Crippen molar-refractivity contribution in [2.24, 2.45) is 4.99 Å². The van der Waals surface area contributed by atoms with Gasteiger partial charge in [-0.1, -0.05) is 41.6 Å². The van der Waals surface area contributed by atoms with Gasteiger partial charge in [0.25, 0.3) is 5.91 Å². The van der Waals surface area contributed by atoms with Crippen molar-refractivity contribution in [2.75, 3.05) is 30.1 Å². The summed E-state index contributed by atoms with van der Waals surface area (Å²) < 4.78 is 35.3. The minimum absolute atomic E-state index is 0.0198. The van der Waals surface area contributed by atoms with Crippen molar-refractivity contribution in [2.45, 2.75) is 11.3 Å². The molecule has 2 atom stereocenters. The zero-order valence-electron chi connectivity index (χ0n) is 16.0. The molecule has 0 aromatic heterocycles. The van der Waals surface area contributed by atoms with E-state index in [2.05, 4.69) is 4.99 Å². The quantitative estimate of drug-likeness (QED) is 0.669. The summed E-state index contributed by atoms with van der Waals surface area (Å²) in [6.45, 7) is -0.220. The zero-order valence-corrected chi connectivity index (χ0v) is 18.4. The summed E-state index contributed by atoms with van der Waals surface area (Å²) in [4.78, 5) is 18.5. The maximum atomic E-state index is 12.5.